The number of alkyl halides is 3. The van der Waals surface area contributed by atoms with Crippen LogP contribution < -0.4 is 5.73 Å². The Labute approximate surface area is 183 Å². The third-order valence-electron chi connectivity index (χ3n) is 4.74. The summed E-state index contributed by atoms with van der Waals surface area (Å²) in [6.45, 7) is 0. The molecule has 3 aromatic carbocycles. The van der Waals surface area contributed by atoms with E-state index in [2.05, 4.69) is 9.97 Å². The number of hydrogen-bond donors (Lipinski definition) is 2. The minimum Gasteiger partial charge on any atom is -0.366 e. The maximum absolute atomic E-state index is 12.6. The van der Waals surface area contributed by atoms with Gasteiger partial charge in [0.25, 0.3) is 0 Å². The molecule has 0 aliphatic rings. The third kappa shape index (κ3) is 4.47. The Kier molecular flexibility index (Phi) is 5.67. The van der Waals surface area contributed by atoms with Crippen molar-refractivity contribution in [2.45, 2.75) is 10.4 Å². The number of fused-ring (bicyclic) bond motifs is 1. The quantitative estimate of drug-likeness (QED) is 0.437. The first kappa shape index (κ1) is 21.5. The summed E-state index contributed by atoms with van der Waals surface area (Å²) in [6.07, 6.45) is 3.37. The molecule has 4 aromatic rings. The molecule has 3 N–H and O–H groups in total. The van der Waals surface area contributed by atoms with Crippen LogP contribution in [0.25, 0.3) is 34.3 Å². The molecule has 0 bridgehead atoms. The van der Waals surface area contributed by atoms with E-state index in [9.17, 15) is 22.2 Å². The first-order valence-electron chi connectivity index (χ1n) is 9.38. The predicted molar refractivity (Wildman–Crippen MR) is 118 cm³/mol. The van der Waals surface area contributed by atoms with E-state index in [1.807, 2.05) is 30.3 Å². The number of H-pyrrole nitrogens is 1. The van der Waals surface area contributed by atoms with Gasteiger partial charge in [-0.05, 0) is 53.1 Å². The highest BCUT2D eigenvalue weighted by Gasteiger charge is 2.37. The number of rotatable bonds is 5. The van der Waals surface area contributed by atoms with Crippen molar-refractivity contribution in [2.75, 3.05) is 0 Å². The smallest absolute Gasteiger partial charge is 0.366 e. The van der Waals surface area contributed by atoms with Gasteiger partial charge in [-0.2, -0.15) is 13.2 Å². The Morgan fingerprint density at radius 1 is 1.00 bits per heavy atom. The average molecular weight is 455 g/mol. The van der Waals surface area contributed by atoms with Crippen molar-refractivity contribution in [1.82, 2.24) is 9.97 Å². The highest BCUT2D eigenvalue weighted by atomic mass is 32.2. The number of nitrogens with one attached hydrogen (secondary N) is 1. The largest absolute Gasteiger partial charge is 0.475 e. The SMILES string of the molecule is NC(=O)c1ccccc1-c1ccc2nc(/C=C/c3ccc(S(=O)C(F)(F)F)cc3)[nH]c2c1. The van der Waals surface area contributed by atoms with Crippen molar-refractivity contribution < 1.29 is 22.2 Å². The highest BCUT2D eigenvalue weighted by Crippen LogP contribution is 2.28. The summed E-state index contributed by atoms with van der Waals surface area (Å²) in [4.78, 5) is 19.0. The van der Waals surface area contributed by atoms with Gasteiger partial charge in [0.05, 0.1) is 11.0 Å². The van der Waals surface area contributed by atoms with E-state index in [0.717, 1.165) is 11.1 Å². The molecule has 162 valence electrons. The van der Waals surface area contributed by atoms with Gasteiger partial charge in [0, 0.05) is 10.5 Å². The number of halogens is 3. The zero-order chi connectivity index (χ0) is 22.9. The molecule has 0 spiro atoms. The van der Waals surface area contributed by atoms with Gasteiger partial charge >= 0.3 is 5.51 Å². The van der Waals surface area contributed by atoms with Crippen LogP contribution in [-0.4, -0.2) is 25.6 Å². The van der Waals surface area contributed by atoms with Crippen LogP contribution >= 0.6 is 0 Å². The lowest BCUT2D eigenvalue weighted by Crippen LogP contribution is -2.16. The number of nitrogens with two attached hydrogens (primary N) is 1. The molecule has 32 heavy (non-hydrogen) atoms. The van der Waals surface area contributed by atoms with Crippen molar-refractivity contribution in [3.63, 3.8) is 0 Å². The number of carbonyl (C=O) groups is 1. The van der Waals surface area contributed by atoms with Gasteiger partial charge in [-0.25, -0.2) is 9.19 Å². The monoisotopic (exact) mass is 455 g/mol. The predicted octanol–water partition coefficient (Wildman–Crippen LogP) is 5.13. The lowest BCUT2D eigenvalue weighted by atomic mass is 9.99. The molecule has 1 heterocycles. The van der Waals surface area contributed by atoms with E-state index < -0.39 is 22.2 Å². The Balaban J connectivity index is 1.58. The maximum atomic E-state index is 12.6. The maximum Gasteiger partial charge on any atom is 0.475 e. The molecule has 0 aliphatic carbocycles. The van der Waals surface area contributed by atoms with Gasteiger partial charge in [0.1, 0.15) is 5.82 Å². The van der Waals surface area contributed by atoms with E-state index in [-0.39, 0.29) is 4.90 Å². The number of aromatic nitrogens is 2. The topological polar surface area (TPSA) is 88.8 Å². The van der Waals surface area contributed by atoms with E-state index in [0.29, 0.717) is 28.0 Å². The van der Waals surface area contributed by atoms with E-state index >= 15 is 0 Å². The molecular formula is C23H16F3N3O2S. The van der Waals surface area contributed by atoms with Crippen LogP contribution in [0.1, 0.15) is 21.7 Å². The Morgan fingerprint density at radius 2 is 1.72 bits per heavy atom. The first-order chi connectivity index (χ1) is 15.2. The lowest BCUT2D eigenvalue weighted by molar-refractivity contribution is -0.0384. The van der Waals surface area contributed by atoms with Crippen LogP contribution in [0.2, 0.25) is 0 Å². The van der Waals surface area contributed by atoms with Gasteiger partial charge in [-0.15, -0.1) is 0 Å². The number of amides is 1. The molecule has 0 saturated heterocycles. The Morgan fingerprint density at radius 3 is 2.41 bits per heavy atom. The highest BCUT2D eigenvalue weighted by molar-refractivity contribution is 7.86. The standard InChI is InChI=1S/C23H16F3N3O2S/c24-23(25,26)32(31)16-9-5-14(6-10-16)7-12-21-28-19-11-8-15(13-20(19)29-21)17-3-1-2-4-18(17)22(27)30/h1-13H,(H2,27,30)(H,28,29)/b12-7+. The molecule has 9 heteroatoms. The summed E-state index contributed by atoms with van der Waals surface area (Å²) in [5, 5.41) is 0. The first-order valence-corrected chi connectivity index (χ1v) is 10.5. The average Bonchev–Trinajstić information content (AvgIpc) is 3.19. The summed E-state index contributed by atoms with van der Waals surface area (Å²) in [5.41, 5.74) is 4.70. The van der Waals surface area contributed by atoms with Crippen LogP contribution in [0.5, 0.6) is 0 Å². The van der Waals surface area contributed by atoms with Crippen molar-refractivity contribution in [3.8, 4) is 11.1 Å². The molecule has 1 aromatic heterocycles. The van der Waals surface area contributed by atoms with E-state index in [1.54, 1.807) is 24.3 Å². The number of carbonyl (C=O) groups excluding carboxylic acids is 1. The molecular weight excluding hydrogens is 439 g/mol. The summed E-state index contributed by atoms with van der Waals surface area (Å²) in [6, 6.07) is 17.9. The number of primary amides is 1. The van der Waals surface area contributed by atoms with Gasteiger partial charge in [0.15, 0.2) is 10.8 Å². The molecule has 1 atom stereocenters. The van der Waals surface area contributed by atoms with Crippen molar-refractivity contribution >= 4 is 39.9 Å². The molecule has 1 amide bonds. The van der Waals surface area contributed by atoms with Crippen molar-refractivity contribution in [3.05, 3.63) is 83.7 Å². The minimum absolute atomic E-state index is 0.304. The fraction of sp³-hybridized carbons (Fsp3) is 0.0435. The Bertz CT molecular complexity index is 1360. The summed E-state index contributed by atoms with van der Waals surface area (Å²) < 4.78 is 49.0. The fourth-order valence-electron chi connectivity index (χ4n) is 3.24. The summed E-state index contributed by atoms with van der Waals surface area (Å²) >= 11 is 0. The second kappa shape index (κ2) is 8.43. The number of nitrogens with zero attached hydrogens (tertiary/aromatic N) is 1. The molecule has 1 unspecified atom stereocenters. The van der Waals surface area contributed by atoms with E-state index in [4.69, 9.17) is 5.73 Å². The van der Waals surface area contributed by atoms with Crippen molar-refractivity contribution in [2.24, 2.45) is 5.73 Å². The minimum atomic E-state index is -4.79. The third-order valence-corrected chi connectivity index (χ3v) is 5.86. The molecule has 5 nitrogen and oxygen atoms in total. The summed E-state index contributed by atoms with van der Waals surface area (Å²) in [5.74, 6) is 0.0299. The van der Waals surface area contributed by atoms with Crippen LogP contribution in [-0.2, 0) is 10.8 Å². The zero-order valence-electron chi connectivity index (χ0n) is 16.4. The van der Waals surface area contributed by atoms with Crippen LogP contribution in [0.3, 0.4) is 0 Å². The molecule has 4 rings (SSSR count). The van der Waals surface area contributed by atoms with E-state index in [1.165, 1.54) is 24.3 Å². The lowest BCUT2D eigenvalue weighted by Gasteiger charge is -2.06. The number of aromatic amines is 1. The normalized spacial score (nSPS) is 13.0. The molecule has 0 fully saturated rings. The van der Waals surface area contributed by atoms with Crippen LogP contribution in [0, 0.1) is 0 Å². The number of hydrogen-bond acceptors (Lipinski definition) is 3. The second-order valence-electron chi connectivity index (χ2n) is 6.88. The fourth-order valence-corrected chi connectivity index (χ4v) is 3.89. The number of benzene rings is 3. The van der Waals surface area contributed by atoms with Gasteiger partial charge in [-0.3, -0.25) is 4.79 Å². The van der Waals surface area contributed by atoms with Gasteiger partial charge < -0.3 is 10.7 Å². The van der Waals surface area contributed by atoms with Crippen LogP contribution in [0.15, 0.2) is 71.6 Å². The number of imidazole rings is 1. The molecule has 0 aliphatic heterocycles. The second-order valence-corrected chi connectivity index (χ2v) is 8.35. The zero-order valence-corrected chi connectivity index (χ0v) is 17.2. The molecule has 0 saturated carbocycles. The van der Waals surface area contributed by atoms with Gasteiger partial charge in [0.2, 0.25) is 5.91 Å². The molecule has 0 radical (unpaired) electrons. The van der Waals surface area contributed by atoms with Gasteiger partial charge in [-0.1, -0.05) is 42.5 Å². The summed E-state index contributed by atoms with van der Waals surface area (Å²) in [7, 11) is -3.05. The van der Waals surface area contributed by atoms with Crippen LogP contribution in [0.4, 0.5) is 13.2 Å². The van der Waals surface area contributed by atoms with Crippen molar-refractivity contribution in [1.29, 1.82) is 0 Å². The Hall–Kier alpha value is -3.72.